The van der Waals surface area contributed by atoms with E-state index in [1.807, 2.05) is 18.2 Å². The number of nitrogens with zero attached hydrogens (tertiary/aromatic N) is 1. The van der Waals surface area contributed by atoms with Crippen molar-refractivity contribution in [2.75, 3.05) is 18.1 Å². The van der Waals surface area contributed by atoms with Crippen LogP contribution >= 0.6 is 11.6 Å². The van der Waals surface area contributed by atoms with Gasteiger partial charge in [0.1, 0.15) is 0 Å². The average Bonchev–Trinajstić information content (AvgIpc) is 2.65. The van der Waals surface area contributed by atoms with E-state index >= 15 is 0 Å². The highest BCUT2D eigenvalue weighted by atomic mass is 35.5. The van der Waals surface area contributed by atoms with Crippen molar-refractivity contribution in [1.29, 1.82) is 0 Å². The molecule has 0 aliphatic carbocycles. The fourth-order valence-electron chi connectivity index (χ4n) is 2.28. The Morgan fingerprint density at radius 3 is 3.00 bits per heavy atom. The smallest absolute Gasteiger partial charge is 0.0635 e. The maximum Gasteiger partial charge on any atom is 0.0635 e. The Hall–Kier alpha value is -0.730. The van der Waals surface area contributed by atoms with Gasteiger partial charge in [0, 0.05) is 17.3 Å². The van der Waals surface area contributed by atoms with E-state index in [-0.39, 0.29) is 12.6 Å². The first-order chi connectivity index (χ1) is 7.22. The fourth-order valence-corrected chi connectivity index (χ4v) is 2.51. The maximum absolute atomic E-state index is 9.28. The number of hydrogen-bond donors (Lipinski definition) is 1. The lowest BCUT2D eigenvalue weighted by Crippen LogP contribution is -2.32. The Balaban J connectivity index is 2.28. The van der Waals surface area contributed by atoms with Crippen molar-refractivity contribution >= 4 is 17.3 Å². The monoisotopic (exact) mass is 225 g/mol. The van der Waals surface area contributed by atoms with E-state index in [0.29, 0.717) is 0 Å². The van der Waals surface area contributed by atoms with Crippen LogP contribution in [0.5, 0.6) is 0 Å². The highest BCUT2D eigenvalue weighted by Crippen LogP contribution is 2.29. The van der Waals surface area contributed by atoms with Gasteiger partial charge in [0.05, 0.1) is 12.6 Å². The van der Waals surface area contributed by atoms with E-state index in [9.17, 15) is 5.11 Å². The molecule has 1 heterocycles. The van der Waals surface area contributed by atoms with E-state index in [0.717, 1.165) is 24.4 Å². The van der Waals surface area contributed by atoms with Crippen molar-refractivity contribution in [2.24, 2.45) is 0 Å². The second-order valence-electron chi connectivity index (χ2n) is 4.10. The van der Waals surface area contributed by atoms with Crippen LogP contribution in [0.15, 0.2) is 18.2 Å². The average molecular weight is 226 g/mol. The summed E-state index contributed by atoms with van der Waals surface area (Å²) in [7, 11) is 0. The van der Waals surface area contributed by atoms with Crippen LogP contribution < -0.4 is 4.90 Å². The van der Waals surface area contributed by atoms with Crippen molar-refractivity contribution in [2.45, 2.75) is 25.8 Å². The molecule has 1 N–H and O–H groups in total. The molecule has 1 aromatic rings. The molecule has 1 saturated heterocycles. The van der Waals surface area contributed by atoms with Gasteiger partial charge in [-0.2, -0.15) is 0 Å². The minimum absolute atomic E-state index is 0.238. The van der Waals surface area contributed by atoms with Gasteiger partial charge in [0.15, 0.2) is 0 Å². The molecule has 1 aliphatic rings. The van der Waals surface area contributed by atoms with E-state index in [1.165, 1.54) is 11.3 Å². The Labute approximate surface area is 95.5 Å². The Kier molecular flexibility index (Phi) is 3.17. The van der Waals surface area contributed by atoms with Gasteiger partial charge in [-0.05, 0) is 43.5 Å². The normalized spacial score (nSPS) is 21.0. The molecule has 1 unspecified atom stereocenters. The zero-order chi connectivity index (χ0) is 10.8. The quantitative estimate of drug-likeness (QED) is 0.837. The molecule has 1 fully saturated rings. The molecule has 2 rings (SSSR count). The van der Waals surface area contributed by atoms with Gasteiger partial charge < -0.3 is 10.0 Å². The van der Waals surface area contributed by atoms with E-state index in [4.69, 9.17) is 11.6 Å². The maximum atomic E-state index is 9.28. The lowest BCUT2D eigenvalue weighted by Gasteiger charge is -2.27. The molecule has 82 valence electrons. The second kappa shape index (κ2) is 4.42. The Morgan fingerprint density at radius 1 is 1.53 bits per heavy atom. The van der Waals surface area contributed by atoms with Crippen LogP contribution in [0.2, 0.25) is 5.02 Å². The van der Waals surface area contributed by atoms with E-state index in [2.05, 4.69) is 11.8 Å². The van der Waals surface area contributed by atoms with Crippen molar-refractivity contribution in [1.82, 2.24) is 0 Å². The van der Waals surface area contributed by atoms with Crippen LogP contribution in [0.4, 0.5) is 5.69 Å². The van der Waals surface area contributed by atoms with Crippen LogP contribution in [0.1, 0.15) is 18.4 Å². The predicted molar refractivity (Wildman–Crippen MR) is 63.6 cm³/mol. The number of hydrogen-bond acceptors (Lipinski definition) is 2. The summed E-state index contributed by atoms with van der Waals surface area (Å²) < 4.78 is 0. The van der Waals surface area contributed by atoms with Gasteiger partial charge in [0.2, 0.25) is 0 Å². The topological polar surface area (TPSA) is 23.5 Å². The summed E-state index contributed by atoms with van der Waals surface area (Å²) in [6.45, 7) is 3.34. The van der Waals surface area contributed by atoms with Crippen molar-refractivity contribution in [3.63, 3.8) is 0 Å². The summed E-state index contributed by atoms with van der Waals surface area (Å²) in [6.07, 6.45) is 2.24. The minimum atomic E-state index is 0.238. The summed E-state index contributed by atoms with van der Waals surface area (Å²) >= 11 is 5.93. The summed E-state index contributed by atoms with van der Waals surface area (Å²) in [5.74, 6) is 0. The molecule has 2 nitrogen and oxygen atoms in total. The van der Waals surface area contributed by atoms with Gasteiger partial charge in [-0.25, -0.2) is 0 Å². The molecule has 0 bridgehead atoms. The van der Waals surface area contributed by atoms with Gasteiger partial charge in [-0.3, -0.25) is 0 Å². The highest BCUT2D eigenvalue weighted by Gasteiger charge is 2.24. The predicted octanol–water partition coefficient (Wildman–Crippen LogP) is 2.61. The second-order valence-corrected chi connectivity index (χ2v) is 4.54. The van der Waals surface area contributed by atoms with Crippen LogP contribution in [0, 0.1) is 6.92 Å². The standard InChI is InChI=1S/C12H16ClNO/c1-9-7-10(13)4-5-12(9)14-6-2-3-11(14)8-15/h4-5,7,11,15H,2-3,6,8H2,1H3. The van der Waals surface area contributed by atoms with Crippen LogP contribution in [0.3, 0.4) is 0 Å². The summed E-state index contributed by atoms with van der Waals surface area (Å²) in [6, 6.07) is 6.22. The molecule has 1 aromatic carbocycles. The molecule has 0 spiro atoms. The van der Waals surface area contributed by atoms with E-state index < -0.39 is 0 Å². The van der Waals surface area contributed by atoms with Crippen molar-refractivity contribution in [3.8, 4) is 0 Å². The first-order valence-electron chi connectivity index (χ1n) is 5.36. The number of halogens is 1. The molecule has 1 atom stereocenters. The van der Waals surface area contributed by atoms with Gasteiger partial charge in [-0.1, -0.05) is 11.6 Å². The van der Waals surface area contributed by atoms with E-state index in [1.54, 1.807) is 0 Å². The number of aliphatic hydroxyl groups is 1. The lowest BCUT2D eigenvalue weighted by molar-refractivity contribution is 0.266. The number of aliphatic hydroxyl groups excluding tert-OH is 1. The number of rotatable bonds is 2. The third-order valence-corrected chi connectivity index (χ3v) is 3.29. The molecule has 0 radical (unpaired) electrons. The molecular weight excluding hydrogens is 210 g/mol. The third-order valence-electron chi connectivity index (χ3n) is 3.06. The Bertz CT molecular complexity index is 353. The molecule has 1 aliphatic heterocycles. The zero-order valence-electron chi connectivity index (χ0n) is 8.91. The third kappa shape index (κ3) is 2.11. The van der Waals surface area contributed by atoms with Crippen LogP contribution in [-0.2, 0) is 0 Å². The molecule has 0 saturated carbocycles. The highest BCUT2D eigenvalue weighted by molar-refractivity contribution is 6.30. The van der Waals surface area contributed by atoms with Gasteiger partial charge in [-0.15, -0.1) is 0 Å². The minimum Gasteiger partial charge on any atom is -0.394 e. The summed E-state index contributed by atoms with van der Waals surface area (Å²) in [5.41, 5.74) is 2.39. The SMILES string of the molecule is Cc1cc(Cl)ccc1N1CCCC1CO. The number of anilines is 1. The van der Waals surface area contributed by atoms with Crippen LogP contribution in [0.25, 0.3) is 0 Å². The summed E-state index contributed by atoms with van der Waals surface area (Å²) in [5, 5.41) is 10.0. The number of benzene rings is 1. The lowest BCUT2D eigenvalue weighted by atomic mass is 10.1. The van der Waals surface area contributed by atoms with Crippen molar-refractivity contribution in [3.05, 3.63) is 28.8 Å². The number of aryl methyl sites for hydroxylation is 1. The fraction of sp³-hybridized carbons (Fsp3) is 0.500. The van der Waals surface area contributed by atoms with Gasteiger partial charge in [0.25, 0.3) is 0 Å². The Morgan fingerprint density at radius 2 is 2.33 bits per heavy atom. The van der Waals surface area contributed by atoms with Crippen LogP contribution in [-0.4, -0.2) is 24.3 Å². The first-order valence-corrected chi connectivity index (χ1v) is 5.74. The molecule has 15 heavy (non-hydrogen) atoms. The van der Waals surface area contributed by atoms with Gasteiger partial charge >= 0.3 is 0 Å². The molecule has 0 aromatic heterocycles. The van der Waals surface area contributed by atoms with Crippen molar-refractivity contribution < 1.29 is 5.11 Å². The largest absolute Gasteiger partial charge is 0.394 e. The first kappa shape index (κ1) is 10.8. The molecular formula is C12H16ClNO. The molecule has 3 heteroatoms. The molecule has 0 amide bonds. The zero-order valence-corrected chi connectivity index (χ0v) is 9.67. The summed E-state index contributed by atoms with van der Waals surface area (Å²) in [4.78, 5) is 2.28.